The van der Waals surface area contributed by atoms with Crippen LogP contribution in [0.5, 0.6) is 0 Å². The largest absolute Gasteiger partial charge is 0.325 e. The second-order valence-electron chi connectivity index (χ2n) is 5.58. The van der Waals surface area contributed by atoms with Gasteiger partial charge in [-0.05, 0) is 37.1 Å². The Hall–Kier alpha value is -1.66. The smallest absolute Gasteiger partial charge is 0.238 e. The lowest BCUT2D eigenvalue weighted by Crippen LogP contribution is -2.25. The SMILES string of the molecule is O=C(Nc1ccccc1)C(Br)CCCC(Br)C(=O)Nc1ccccc1. The molecule has 2 N–H and O–H groups in total. The third kappa shape index (κ3) is 7.00. The van der Waals surface area contributed by atoms with E-state index in [0.29, 0.717) is 12.8 Å². The number of alkyl halides is 2. The summed E-state index contributed by atoms with van der Waals surface area (Å²) < 4.78 is 0. The molecule has 0 aliphatic carbocycles. The maximum atomic E-state index is 12.1. The molecule has 2 amide bonds. The molecule has 2 atom stereocenters. The lowest BCUT2D eigenvalue weighted by molar-refractivity contribution is -0.116. The van der Waals surface area contributed by atoms with E-state index in [4.69, 9.17) is 0 Å². The first-order valence-corrected chi connectivity index (χ1v) is 9.89. The lowest BCUT2D eigenvalue weighted by Gasteiger charge is -2.13. The first-order chi connectivity index (χ1) is 12.1. The quantitative estimate of drug-likeness (QED) is 0.539. The van der Waals surface area contributed by atoms with E-state index in [9.17, 15) is 9.59 Å². The molecule has 0 heterocycles. The molecular formula is C19H20Br2N2O2. The Kier molecular flexibility index (Phi) is 8.15. The molecule has 0 saturated heterocycles. The maximum Gasteiger partial charge on any atom is 0.238 e. The molecule has 4 nitrogen and oxygen atoms in total. The highest BCUT2D eigenvalue weighted by molar-refractivity contribution is 9.10. The van der Waals surface area contributed by atoms with Crippen molar-refractivity contribution in [2.45, 2.75) is 28.9 Å². The number of halogens is 2. The van der Waals surface area contributed by atoms with Crippen molar-refractivity contribution in [1.29, 1.82) is 0 Å². The van der Waals surface area contributed by atoms with E-state index in [1.807, 2.05) is 60.7 Å². The molecule has 6 heteroatoms. The summed E-state index contributed by atoms with van der Waals surface area (Å²) in [7, 11) is 0. The van der Waals surface area contributed by atoms with Gasteiger partial charge in [0.2, 0.25) is 11.8 Å². The maximum absolute atomic E-state index is 12.1. The molecule has 0 aliphatic rings. The van der Waals surface area contributed by atoms with Gasteiger partial charge in [-0.15, -0.1) is 0 Å². The number of carbonyl (C=O) groups excluding carboxylic acids is 2. The minimum Gasteiger partial charge on any atom is -0.325 e. The van der Waals surface area contributed by atoms with Crippen molar-refractivity contribution >= 4 is 55.0 Å². The Balaban J connectivity index is 1.70. The number of anilines is 2. The molecule has 0 aromatic heterocycles. The molecule has 0 bridgehead atoms. The zero-order valence-electron chi connectivity index (χ0n) is 13.6. The second-order valence-corrected chi connectivity index (χ2v) is 7.79. The van der Waals surface area contributed by atoms with Gasteiger partial charge in [0.05, 0.1) is 9.65 Å². The van der Waals surface area contributed by atoms with Crippen molar-refractivity contribution in [3.05, 3.63) is 60.7 Å². The van der Waals surface area contributed by atoms with E-state index < -0.39 is 0 Å². The molecule has 2 aromatic rings. The van der Waals surface area contributed by atoms with Gasteiger partial charge in [0.1, 0.15) is 0 Å². The summed E-state index contributed by atoms with van der Waals surface area (Å²) in [5, 5.41) is 5.72. The number of amides is 2. The van der Waals surface area contributed by atoms with Gasteiger partial charge in [0, 0.05) is 11.4 Å². The van der Waals surface area contributed by atoms with E-state index in [1.165, 1.54) is 0 Å². The van der Waals surface area contributed by atoms with E-state index in [2.05, 4.69) is 42.5 Å². The Labute approximate surface area is 164 Å². The molecule has 0 spiro atoms. The average molecular weight is 468 g/mol. The number of rotatable bonds is 8. The van der Waals surface area contributed by atoms with Crippen molar-refractivity contribution in [1.82, 2.24) is 0 Å². The van der Waals surface area contributed by atoms with Crippen LogP contribution in [0.1, 0.15) is 19.3 Å². The number of hydrogen-bond acceptors (Lipinski definition) is 2. The normalized spacial score (nSPS) is 12.9. The van der Waals surface area contributed by atoms with Crippen molar-refractivity contribution in [2.24, 2.45) is 0 Å². The summed E-state index contributed by atoms with van der Waals surface area (Å²) in [6.45, 7) is 0. The molecule has 0 aliphatic heterocycles. The summed E-state index contributed by atoms with van der Waals surface area (Å²) in [5.74, 6) is -0.155. The highest BCUT2D eigenvalue weighted by Gasteiger charge is 2.18. The van der Waals surface area contributed by atoms with Crippen molar-refractivity contribution in [3.63, 3.8) is 0 Å². The zero-order chi connectivity index (χ0) is 18.1. The molecular weight excluding hydrogens is 448 g/mol. The fraction of sp³-hybridized carbons (Fsp3) is 0.263. The Bertz CT molecular complexity index is 621. The minimum absolute atomic E-state index is 0.0777. The topological polar surface area (TPSA) is 58.2 Å². The van der Waals surface area contributed by atoms with Gasteiger partial charge in [-0.1, -0.05) is 74.7 Å². The predicted octanol–water partition coefficient (Wildman–Crippen LogP) is 4.96. The fourth-order valence-corrected chi connectivity index (χ4v) is 3.10. The standard InChI is InChI=1S/C19H20Br2N2O2/c20-16(18(24)22-14-8-3-1-4-9-14)12-7-13-17(21)19(25)23-15-10-5-2-6-11-15/h1-6,8-11,16-17H,7,12-13H2,(H,22,24)(H,23,25). The number of carbonyl (C=O) groups is 2. The zero-order valence-corrected chi connectivity index (χ0v) is 16.8. The molecule has 132 valence electrons. The molecule has 25 heavy (non-hydrogen) atoms. The summed E-state index contributed by atoms with van der Waals surface area (Å²) in [5.41, 5.74) is 1.55. The third-order valence-electron chi connectivity index (χ3n) is 3.57. The highest BCUT2D eigenvalue weighted by Crippen LogP contribution is 2.18. The molecule has 0 fully saturated rings. The van der Waals surface area contributed by atoms with Crippen LogP contribution in [0.25, 0.3) is 0 Å². The first-order valence-electron chi connectivity index (χ1n) is 8.06. The minimum atomic E-state index is -0.287. The van der Waals surface area contributed by atoms with Crippen LogP contribution in [0.4, 0.5) is 11.4 Å². The molecule has 0 radical (unpaired) electrons. The summed E-state index contributed by atoms with van der Waals surface area (Å²) in [6, 6.07) is 18.7. The van der Waals surface area contributed by atoms with Crippen LogP contribution in [0.15, 0.2) is 60.7 Å². The van der Waals surface area contributed by atoms with Crippen LogP contribution in [0.2, 0.25) is 0 Å². The van der Waals surface area contributed by atoms with Crippen LogP contribution < -0.4 is 10.6 Å². The Morgan fingerprint density at radius 1 is 0.720 bits per heavy atom. The second kappa shape index (κ2) is 10.4. The summed E-state index contributed by atoms with van der Waals surface area (Å²) >= 11 is 6.83. The number of hydrogen-bond donors (Lipinski definition) is 2. The Morgan fingerprint density at radius 2 is 1.08 bits per heavy atom. The van der Waals surface area contributed by atoms with Crippen LogP contribution in [0, 0.1) is 0 Å². The van der Waals surface area contributed by atoms with Crippen LogP contribution >= 0.6 is 31.9 Å². The van der Waals surface area contributed by atoms with E-state index in [-0.39, 0.29) is 21.5 Å². The lowest BCUT2D eigenvalue weighted by atomic mass is 10.1. The van der Waals surface area contributed by atoms with Crippen molar-refractivity contribution < 1.29 is 9.59 Å². The Morgan fingerprint density at radius 3 is 1.44 bits per heavy atom. The van der Waals surface area contributed by atoms with E-state index in [0.717, 1.165) is 17.8 Å². The van der Waals surface area contributed by atoms with Gasteiger partial charge in [-0.3, -0.25) is 9.59 Å². The van der Waals surface area contributed by atoms with Gasteiger partial charge in [-0.2, -0.15) is 0 Å². The van der Waals surface area contributed by atoms with Crippen molar-refractivity contribution in [2.75, 3.05) is 10.6 Å². The van der Waals surface area contributed by atoms with Crippen LogP contribution in [-0.2, 0) is 9.59 Å². The average Bonchev–Trinajstić information content (AvgIpc) is 2.63. The number of para-hydroxylation sites is 2. The fourth-order valence-electron chi connectivity index (χ4n) is 2.22. The van der Waals surface area contributed by atoms with E-state index >= 15 is 0 Å². The third-order valence-corrected chi connectivity index (χ3v) is 5.31. The first kappa shape index (κ1) is 19.7. The molecule has 0 saturated carbocycles. The van der Waals surface area contributed by atoms with Crippen LogP contribution in [0.3, 0.4) is 0 Å². The summed E-state index contributed by atoms with van der Waals surface area (Å²) in [6.07, 6.45) is 2.05. The monoisotopic (exact) mass is 466 g/mol. The van der Waals surface area contributed by atoms with Gasteiger partial charge in [0.15, 0.2) is 0 Å². The molecule has 2 unspecified atom stereocenters. The van der Waals surface area contributed by atoms with Crippen molar-refractivity contribution in [3.8, 4) is 0 Å². The van der Waals surface area contributed by atoms with Crippen LogP contribution in [-0.4, -0.2) is 21.5 Å². The number of nitrogens with one attached hydrogen (secondary N) is 2. The van der Waals surface area contributed by atoms with Gasteiger partial charge >= 0.3 is 0 Å². The van der Waals surface area contributed by atoms with Gasteiger partial charge in [0.25, 0.3) is 0 Å². The van der Waals surface area contributed by atoms with E-state index in [1.54, 1.807) is 0 Å². The molecule has 2 aromatic carbocycles. The van der Waals surface area contributed by atoms with Gasteiger partial charge < -0.3 is 10.6 Å². The molecule has 2 rings (SSSR count). The summed E-state index contributed by atoms with van der Waals surface area (Å²) in [4.78, 5) is 23.7. The van der Waals surface area contributed by atoms with Gasteiger partial charge in [-0.25, -0.2) is 0 Å². The number of benzene rings is 2. The predicted molar refractivity (Wildman–Crippen MR) is 109 cm³/mol. The highest BCUT2D eigenvalue weighted by atomic mass is 79.9.